The highest BCUT2D eigenvalue weighted by molar-refractivity contribution is 6.21. The highest BCUT2D eigenvalue weighted by Crippen LogP contribution is 2.43. The van der Waals surface area contributed by atoms with E-state index in [1.54, 1.807) is 0 Å². The van der Waals surface area contributed by atoms with Gasteiger partial charge in [0.1, 0.15) is 0 Å². The van der Waals surface area contributed by atoms with Crippen molar-refractivity contribution in [1.82, 2.24) is 4.98 Å². The van der Waals surface area contributed by atoms with Gasteiger partial charge < -0.3 is 0 Å². The quantitative estimate of drug-likeness (QED) is 0.300. The summed E-state index contributed by atoms with van der Waals surface area (Å²) in [5.41, 5.74) is 7.58. The zero-order valence-corrected chi connectivity index (χ0v) is 16.1. The Morgan fingerprint density at radius 2 is 1.07 bits per heavy atom. The third-order valence-corrected chi connectivity index (χ3v) is 5.44. The fourth-order valence-electron chi connectivity index (χ4n) is 4.24. The Balaban J connectivity index is 2.00. The fourth-order valence-corrected chi connectivity index (χ4v) is 4.24. The van der Waals surface area contributed by atoms with Crippen molar-refractivity contribution >= 4 is 21.5 Å². The average molecular weight is 359 g/mol. The molecule has 0 unspecified atom stereocenters. The minimum Gasteiger partial charge on any atom is -0.264 e. The van der Waals surface area contributed by atoms with Gasteiger partial charge in [0.05, 0.1) is 0 Å². The molecule has 0 aliphatic carbocycles. The van der Waals surface area contributed by atoms with Gasteiger partial charge in [-0.1, -0.05) is 83.9 Å². The molecule has 0 aliphatic rings. The Bertz CT molecular complexity index is 1170. The van der Waals surface area contributed by atoms with E-state index in [-0.39, 0.29) is 0 Å². The van der Waals surface area contributed by atoms with E-state index in [1.807, 2.05) is 12.4 Å². The molecule has 1 heteroatoms. The zero-order valence-electron chi connectivity index (χ0n) is 16.1. The number of aromatic nitrogens is 1. The van der Waals surface area contributed by atoms with E-state index in [9.17, 15) is 0 Å². The molecule has 4 aromatic carbocycles. The summed E-state index contributed by atoms with van der Waals surface area (Å²) < 4.78 is 0. The van der Waals surface area contributed by atoms with Gasteiger partial charge in [-0.05, 0) is 58.3 Å². The van der Waals surface area contributed by atoms with Crippen molar-refractivity contribution in [2.45, 2.75) is 13.8 Å². The predicted molar refractivity (Wildman–Crippen MR) is 120 cm³/mol. The molecule has 0 atom stereocenters. The van der Waals surface area contributed by atoms with Gasteiger partial charge in [-0.2, -0.15) is 0 Å². The minimum atomic E-state index is 1.20. The van der Waals surface area contributed by atoms with Gasteiger partial charge in [-0.3, -0.25) is 4.98 Å². The predicted octanol–water partition coefficient (Wildman–Crippen LogP) is 7.34. The third kappa shape index (κ3) is 2.68. The van der Waals surface area contributed by atoms with Crippen molar-refractivity contribution in [2.24, 2.45) is 0 Å². The number of rotatable bonds is 2. The normalized spacial score (nSPS) is 11.2. The summed E-state index contributed by atoms with van der Waals surface area (Å²) >= 11 is 0. The summed E-state index contributed by atoms with van der Waals surface area (Å²) in [6.45, 7) is 4.30. The summed E-state index contributed by atoms with van der Waals surface area (Å²) in [6.07, 6.45) is 3.91. The number of hydrogen-bond acceptors (Lipinski definition) is 1. The van der Waals surface area contributed by atoms with Crippen LogP contribution in [0.3, 0.4) is 0 Å². The number of benzene rings is 4. The van der Waals surface area contributed by atoms with Gasteiger partial charge in [-0.15, -0.1) is 0 Å². The number of fused-ring (bicyclic) bond motifs is 2. The minimum absolute atomic E-state index is 1.20. The van der Waals surface area contributed by atoms with Crippen LogP contribution in [0.2, 0.25) is 0 Å². The number of hydrogen-bond donors (Lipinski definition) is 0. The second-order valence-electron chi connectivity index (χ2n) is 7.46. The average Bonchev–Trinajstić information content (AvgIpc) is 2.72. The van der Waals surface area contributed by atoms with Crippen LogP contribution in [0, 0.1) is 13.8 Å². The lowest BCUT2D eigenvalue weighted by molar-refractivity contribution is 1.36. The molecule has 0 saturated carbocycles. The molecule has 5 rings (SSSR count). The van der Waals surface area contributed by atoms with Gasteiger partial charge >= 0.3 is 0 Å². The van der Waals surface area contributed by atoms with Crippen molar-refractivity contribution in [2.75, 3.05) is 0 Å². The maximum absolute atomic E-state index is 4.48. The Labute approximate surface area is 165 Å². The standard InChI is InChI=1S/C27H21N/c1-18-7-5-9-20(15-18)26-22-11-3-4-12-23(22)27(21-10-6-8-19(2)16-21)25-17-28-14-13-24(25)26/h3-17H,1-2H3. The second-order valence-corrected chi connectivity index (χ2v) is 7.46. The Kier molecular flexibility index (Phi) is 3.95. The van der Waals surface area contributed by atoms with E-state index in [0.717, 1.165) is 0 Å². The summed E-state index contributed by atoms with van der Waals surface area (Å²) in [7, 11) is 0. The van der Waals surface area contributed by atoms with Crippen LogP contribution >= 0.6 is 0 Å². The molecule has 0 saturated heterocycles. The Morgan fingerprint density at radius 1 is 0.536 bits per heavy atom. The van der Waals surface area contributed by atoms with Gasteiger partial charge in [0.25, 0.3) is 0 Å². The molecule has 134 valence electrons. The van der Waals surface area contributed by atoms with Crippen molar-refractivity contribution in [1.29, 1.82) is 0 Å². The first-order chi connectivity index (χ1) is 13.7. The summed E-state index contributed by atoms with van der Waals surface area (Å²) in [5.74, 6) is 0. The fraction of sp³-hybridized carbons (Fsp3) is 0.0741. The van der Waals surface area contributed by atoms with Gasteiger partial charge in [0.15, 0.2) is 0 Å². The van der Waals surface area contributed by atoms with Crippen LogP contribution in [0.5, 0.6) is 0 Å². The van der Waals surface area contributed by atoms with Crippen LogP contribution in [0.1, 0.15) is 11.1 Å². The van der Waals surface area contributed by atoms with Crippen LogP contribution in [-0.2, 0) is 0 Å². The van der Waals surface area contributed by atoms with Crippen LogP contribution in [0.25, 0.3) is 43.8 Å². The van der Waals surface area contributed by atoms with E-state index >= 15 is 0 Å². The smallest absolute Gasteiger partial charge is 0.0353 e. The summed E-state index contributed by atoms with van der Waals surface area (Å²) in [6, 6.07) is 28.4. The summed E-state index contributed by atoms with van der Waals surface area (Å²) in [5, 5.41) is 4.99. The van der Waals surface area contributed by atoms with Gasteiger partial charge in [0, 0.05) is 17.8 Å². The monoisotopic (exact) mass is 359 g/mol. The van der Waals surface area contributed by atoms with Crippen LogP contribution in [0.4, 0.5) is 0 Å². The number of pyridine rings is 1. The van der Waals surface area contributed by atoms with Crippen molar-refractivity contribution in [3.05, 3.63) is 102 Å². The molecule has 0 N–H and O–H groups in total. The van der Waals surface area contributed by atoms with Crippen molar-refractivity contribution in [3.63, 3.8) is 0 Å². The maximum atomic E-state index is 4.48. The molecule has 5 aromatic rings. The second kappa shape index (κ2) is 6.61. The molecule has 0 bridgehead atoms. The molecule has 1 nitrogen and oxygen atoms in total. The van der Waals surface area contributed by atoms with Gasteiger partial charge in [-0.25, -0.2) is 0 Å². The van der Waals surface area contributed by atoms with E-state index < -0.39 is 0 Å². The van der Waals surface area contributed by atoms with E-state index in [4.69, 9.17) is 0 Å². The first-order valence-corrected chi connectivity index (χ1v) is 9.65. The third-order valence-electron chi connectivity index (χ3n) is 5.44. The molecular weight excluding hydrogens is 338 g/mol. The molecule has 0 amide bonds. The maximum Gasteiger partial charge on any atom is 0.0353 e. The SMILES string of the molecule is Cc1cccc(-c2c3ccccc3c(-c3cccc(C)c3)c3cnccc23)c1. The Morgan fingerprint density at radius 3 is 1.64 bits per heavy atom. The molecule has 0 spiro atoms. The van der Waals surface area contributed by atoms with E-state index in [1.165, 1.54) is 54.9 Å². The lowest BCUT2D eigenvalue weighted by atomic mass is 9.86. The van der Waals surface area contributed by atoms with Crippen molar-refractivity contribution in [3.8, 4) is 22.3 Å². The first-order valence-electron chi connectivity index (χ1n) is 9.65. The topological polar surface area (TPSA) is 12.9 Å². The molecule has 0 aliphatic heterocycles. The van der Waals surface area contributed by atoms with E-state index in [0.29, 0.717) is 0 Å². The summed E-state index contributed by atoms with van der Waals surface area (Å²) in [4.78, 5) is 4.48. The van der Waals surface area contributed by atoms with Crippen LogP contribution < -0.4 is 0 Å². The van der Waals surface area contributed by atoms with Crippen molar-refractivity contribution < 1.29 is 0 Å². The lowest BCUT2D eigenvalue weighted by Gasteiger charge is -2.17. The highest BCUT2D eigenvalue weighted by atomic mass is 14.6. The van der Waals surface area contributed by atoms with Crippen LogP contribution in [0.15, 0.2) is 91.3 Å². The van der Waals surface area contributed by atoms with Gasteiger partial charge in [0.2, 0.25) is 0 Å². The largest absolute Gasteiger partial charge is 0.264 e. The number of nitrogens with zero attached hydrogens (tertiary/aromatic N) is 1. The zero-order chi connectivity index (χ0) is 19.1. The molecule has 1 aromatic heterocycles. The molecule has 0 fully saturated rings. The van der Waals surface area contributed by atoms with Crippen LogP contribution in [-0.4, -0.2) is 4.98 Å². The molecule has 0 radical (unpaired) electrons. The molecule has 1 heterocycles. The van der Waals surface area contributed by atoms with E-state index in [2.05, 4.69) is 97.7 Å². The lowest BCUT2D eigenvalue weighted by Crippen LogP contribution is -1.92. The first kappa shape index (κ1) is 16.7. The molecule has 28 heavy (non-hydrogen) atoms. The highest BCUT2D eigenvalue weighted by Gasteiger charge is 2.16. The molecular formula is C27H21N. The number of aryl methyl sites for hydroxylation is 2. The Hall–Kier alpha value is -3.45.